The first kappa shape index (κ1) is 10.0. The van der Waals surface area contributed by atoms with Crippen molar-refractivity contribution >= 4 is 17.5 Å². The molecular formula is C8H9N7O. The van der Waals surface area contributed by atoms with Gasteiger partial charge in [-0.1, -0.05) is 0 Å². The Balaban J connectivity index is 2.18. The van der Waals surface area contributed by atoms with Crippen molar-refractivity contribution in [3.05, 3.63) is 23.8 Å². The predicted molar refractivity (Wildman–Crippen MR) is 55.5 cm³/mol. The van der Waals surface area contributed by atoms with Gasteiger partial charge in [-0.05, 0) is 6.92 Å². The Labute approximate surface area is 90.3 Å². The molecule has 0 saturated heterocycles. The number of nitrogens with two attached hydrogens (primary N) is 1. The van der Waals surface area contributed by atoms with Gasteiger partial charge in [0, 0.05) is 0 Å². The molecule has 0 aromatic carbocycles. The number of rotatable bonds is 2. The summed E-state index contributed by atoms with van der Waals surface area (Å²) < 4.78 is 0. The minimum absolute atomic E-state index is 0.104. The zero-order valence-electron chi connectivity index (χ0n) is 8.43. The first-order valence-corrected chi connectivity index (χ1v) is 4.44. The van der Waals surface area contributed by atoms with Crippen LogP contribution in [-0.4, -0.2) is 31.3 Å². The first-order valence-electron chi connectivity index (χ1n) is 4.44. The van der Waals surface area contributed by atoms with Crippen LogP contribution in [0.5, 0.6) is 0 Å². The minimum Gasteiger partial charge on any atom is -0.395 e. The molecule has 0 saturated carbocycles. The normalized spacial score (nSPS) is 10.1. The molecule has 0 aliphatic rings. The number of nitrogens with zero attached hydrogens (tertiary/aromatic N) is 4. The highest BCUT2D eigenvalue weighted by atomic mass is 16.2. The van der Waals surface area contributed by atoms with Crippen LogP contribution in [0, 0.1) is 6.92 Å². The fourth-order valence-electron chi connectivity index (χ4n) is 1.08. The third-order valence-corrected chi connectivity index (χ3v) is 1.92. The zero-order valence-corrected chi connectivity index (χ0v) is 8.43. The van der Waals surface area contributed by atoms with Gasteiger partial charge in [-0.2, -0.15) is 10.2 Å². The topological polar surface area (TPSA) is 122 Å². The third kappa shape index (κ3) is 1.80. The number of anilines is 2. The van der Waals surface area contributed by atoms with E-state index in [4.69, 9.17) is 5.73 Å². The van der Waals surface area contributed by atoms with Crippen molar-refractivity contribution in [1.29, 1.82) is 0 Å². The molecule has 8 heteroatoms. The monoisotopic (exact) mass is 219 g/mol. The van der Waals surface area contributed by atoms with Crippen LogP contribution in [-0.2, 0) is 0 Å². The number of amides is 1. The van der Waals surface area contributed by atoms with Gasteiger partial charge in [0.05, 0.1) is 23.8 Å². The second-order valence-electron chi connectivity index (χ2n) is 3.03. The van der Waals surface area contributed by atoms with Gasteiger partial charge in [0.25, 0.3) is 5.91 Å². The predicted octanol–water partition coefficient (Wildman–Crippen LogP) is -0.262. The largest absolute Gasteiger partial charge is 0.395 e. The van der Waals surface area contributed by atoms with Gasteiger partial charge in [-0.3, -0.25) is 15.2 Å². The van der Waals surface area contributed by atoms with Crippen LogP contribution in [0.15, 0.2) is 12.4 Å². The van der Waals surface area contributed by atoms with Crippen LogP contribution >= 0.6 is 0 Å². The summed E-state index contributed by atoms with van der Waals surface area (Å²) in [7, 11) is 0. The molecule has 0 aliphatic carbocycles. The van der Waals surface area contributed by atoms with E-state index in [1.165, 1.54) is 12.4 Å². The first-order chi connectivity index (χ1) is 7.68. The molecule has 82 valence electrons. The lowest BCUT2D eigenvalue weighted by Gasteiger charge is -1.99. The van der Waals surface area contributed by atoms with E-state index < -0.39 is 5.91 Å². The van der Waals surface area contributed by atoms with Gasteiger partial charge in [-0.15, -0.1) is 5.10 Å². The van der Waals surface area contributed by atoms with Crippen molar-refractivity contribution in [3.8, 4) is 0 Å². The molecular weight excluding hydrogens is 210 g/mol. The molecule has 0 bridgehead atoms. The van der Waals surface area contributed by atoms with Crippen molar-refractivity contribution in [2.24, 2.45) is 0 Å². The highest BCUT2D eigenvalue weighted by Crippen LogP contribution is 2.13. The van der Waals surface area contributed by atoms with E-state index in [0.29, 0.717) is 11.4 Å². The summed E-state index contributed by atoms with van der Waals surface area (Å²) in [5.74, 6) is -0.373. The number of nitrogen functional groups attached to an aromatic ring is 1. The molecule has 0 spiro atoms. The maximum absolute atomic E-state index is 11.7. The number of hydrogen-bond acceptors (Lipinski definition) is 6. The Hall–Kier alpha value is -2.51. The fraction of sp³-hybridized carbons (Fsp3) is 0.125. The Morgan fingerprint density at radius 2 is 2.31 bits per heavy atom. The number of aryl methyl sites for hydroxylation is 1. The summed E-state index contributed by atoms with van der Waals surface area (Å²) >= 11 is 0. The van der Waals surface area contributed by atoms with Crippen LogP contribution in [0.2, 0.25) is 0 Å². The quantitative estimate of drug-likeness (QED) is 0.639. The number of aromatic amines is 1. The molecule has 1 amide bonds. The van der Waals surface area contributed by atoms with E-state index in [1.807, 2.05) is 0 Å². The molecule has 0 fully saturated rings. The van der Waals surface area contributed by atoms with E-state index >= 15 is 0 Å². The Morgan fingerprint density at radius 3 is 2.88 bits per heavy atom. The molecule has 2 aromatic heterocycles. The highest BCUT2D eigenvalue weighted by molar-refractivity contribution is 6.05. The summed E-state index contributed by atoms with van der Waals surface area (Å²) in [4.78, 5) is 15.5. The summed E-state index contributed by atoms with van der Waals surface area (Å²) in [6.45, 7) is 1.72. The number of carbonyl (C=O) groups is 1. The summed E-state index contributed by atoms with van der Waals surface area (Å²) in [6, 6.07) is 0. The maximum Gasteiger partial charge on any atom is 0.280 e. The lowest BCUT2D eigenvalue weighted by atomic mass is 10.3. The molecule has 2 heterocycles. The van der Waals surface area contributed by atoms with Crippen LogP contribution in [0.1, 0.15) is 16.2 Å². The molecule has 2 rings (SSSR count). The van der Waals surface area contributed by atoms with Crippen LogP contribution < -0.4 is 11.1 Å². The second-order valence-corrected chi connectivity index (χ2v) is 3.03. The maximum atomic E-state index is 11.7. The van der Waals surface area contributed by atoms with Gasteiger partial charge in [-0.25, -0.2) is 4.98 Å². The van der Waals surface area contributed by atoms with E-state index in [0.717, 1.165) is 0 Å². The molecule has 16 heavy (non-hydrogen) atoms. The average Bonchev–Trinajstić information content (AvgIpc) is 2.61. The number of H-pyrrole nitrogens is 1. The van der Waals surface area contributed by atoms with Gasteiger partial charge >= 0.3 is 0 Å². The van der Waals surface area contributed by atoms with E-state index in [-0.39, 0.29) is 11.6 Å². The average molecular weight is 219 g/mol. The van der Waals surface area contributed by atoms with Crippen molar-refractivity contribution < 1.29 is 4.79 Å². The van der Waals surface area contributed by atoms with E-state index in [2.05, 4.69) is 30.7 Å². The SMILES string of the molecule is Cc1[nH]nc(C(=O)Nc2nccnn2)c1N. The number of nitrogens with one attached hydrogen (secondary N) is 2. The zero-order chi connectivity index (χ0) is 11.5. The lowest BCUT2D eigenvalue weighted by Crippen LogP contribution is -2.16. The van der Waals surface area contributed by atoms with Crippen molar-refractivity contribution in [2.45, 2.75) is 6.92 Å². The Kier molecular flexibility index (Phi) is 2.46. The molecule has 0 atom stereocenters. The molecule has 2 aromatic rings. The van der Waals surface area contributed by atoms with Crippen LogP contribution in [0.4, 0.5) is 11.6 Å². The highest BCUT2D eigenvalue weighted by Gasteiger charge is 2.16. The van der Waals surface area contributed by atoms with Crippen molar-refractivity contribution in [3.63, 3.8) is 0 Å². The summed E-state index contributed by atoms with van der Waals surface area (Å²) in [5, 5.41) is 16.0. The molecule has 8 nitrogen and oxygen atoms in total. The third-order valence-electron chi connectivity index (χ3n) is 1.92. The van der Waals surface area contributed by atoms with E-state index in [9.17, 15) is 4.79 Å². The fourth-order valence-corrected chi connectivity index (χ4v) is 1.08. The van der Waals surface area contributed by atoms with Crippen LogP contribution in [0.3, 0.4) is 0 Å². The van der Waals surface area contributed by atoms with E-state index in [1.54, 1.807) is 6.92 Å². The summed E-state index contributed by atoms with van der Waals surface area (Å²) in [6.07, 6.45) is 2.82. The smallest absolute Gasteiger partial charge is 0.280 e. The number of carbonyl (C=O) groups excluding carboxylic acids is 1. The number of hydrogen-bond donors (Lipinski definition) is 3. The second kappa shape index (κ2) is 3.93. The standard InChI is InChI=1S/C8H9N7O/c1-4-5(9)6(14-13-4)7(16)12-8-10-2-3-11-15-8/h2-3H,9H2,1H3,(H,13,14)(H,10,12,15,16). The molecule has 0 radical (unpaired) electrons. The van der Waals surface area contributed by atoms with Gasteiger partial charge in [0.15, 0.2) is 5.69 Å². The lowest BCUT2D eigenvalue weighted by molar-refractivity contribution is 0.102. The Bertz CT molecular complexity index is 506. The van der Waals surface area contributed by atoms with Crippen LogP contribution in [0.25, 0.3) is 0 Å². The number of aromatic nitrogens is 5. The van der Waals surface area contributed by atoms with Crippen molar-refractivity contribution in [2.75, 3.05) is 11.1 Å². The molecule has 4 N–H and O–H groups in total. The van der Waals surface area contributed by atoms with Gasteiger partial charge < -0.3 is 5.73 Å². The summed E-state index contributed by atoms with van der Waals surface area (Å²) in [5.41, 5.74) is 6.71. The van der Waals surface area contributed by atoms with Gasteiger partial charge in [0.2, 0.25) is 5.95 Å². The molecule has 0 aliphatic heterocycles. The Morgan fingerprint density at radius 1 is 1.50 bits per heavy atom. The minimum atomic E-state index is -0.477. The van der Waals surface area contributed by atoms with Gasteiger partial charge in [0.1, 0.15) is 0 Å². The molecule has 0 unspecified atom stereocenters. The van der Waals surface area contributed by atoms with Crippen molar-refractivity contribution in [1.82, 2.24) is 25.4 Å².